The SMILES string of the molecule is CCC(C)C(C(CC(CCCNC=O)C(OC)C(C)C(=O)N(C)CCc1cccc(NC(=O)C(C)NC=O)c1)OC)N(C)C(=O)CCNC. The number of benzene rings is 1. The Kier molecular flexibility index (Phi) is 21.1. The molecule has 0 fully saturated rings. The van der Waals surface area contributed by atoms with Crippen LogP contribution in [-0.2, 0) is 39.9 Å². The molecule has 0 bridgehead atoms. The summed E-state index contributed by atoms with van der Waals surface area (Å²) in [6.07, 6.45) is 4.19. The van der Waals surface area contributed by atoms with E-state index in [0.29, 0.717) is 70.2 Å². The third-order valence-electron chi connectivity index (χ3n) is 9.49. The van der Waals surface area contributed by atoms with Gasteiger partial charge in [-0.2, -0.15) is 0 Å². The van der Waals surface area contributed by atoms with E-state index in [1.807, 2.05) is 44.1 Å². The fraction of sp³-hybridized carbons (Fsp3) is 0.694. The Hall–Kier alpha value is -3.55. The van der Waals surface area contributed by atoms with Crippen LogP contribution in [0.1, 0.15) is 65.4 Å². The number of nitrogens with zero attached hydrogens (tertiary/aromatic N) is 2. The summed E-state index contributed by atoms with van der Waals surface area (Å²) in [6, 6.07) is 6.56. The first-order valence-corrected chi connectivity index (χ1v) is 17.4. The highest BCUT2D eigenvalue weighted by atomic mass is 16.5. The molecular weight excluding hydrogens is 628 g/mol. The molecule has 0 radical (unpaired) electrons. The van der Waals surface area contributed by atoms with Gasteiger partial charge in [0.15, 0.2) is 0 Å². The first kappa shape index (κ1) is 43.5. The Labute approximate surface area is 293 Å². The first-order chi connectivity index (χ1) is 23.4. The van der Waals surface area contributed by atoms with Gasteiger partial charge in [-0.1, -0.05) is 39.3 Å². The van der Waals surface area contributed by atoms with Crippen LogP contribution in [0.25, 0.3) is 0 Å². The van der Waals surface area contributed by atoms with Crippen molar-refractivity contribution >= 4 is 36.2 Å². The van der Waals surface area contributed by atoms with Crippen LogP contribution in [-0.4, -0.2) is 120 Å². The number of amides is 5. The summed E-state index contributed by atoms with van der Waals surface area (Å²) < 4.78 is 12.2. The number of hydrogen-bond acceptors (Lipinski definition) is 8. The molecule has 7 atom stereocenters. The molecule has 0 heterocycles. The lowest BCUT2D eigenvalue weighted by atomic mass is 9.80. The zero-order chi connectivity index (χ0) is 36.9. The van der Waals surface area contributed by atoms with Gasteiger partial charge in [0.1, 0.15) is 6.04 Å². The van der Waals surface area contributed by atoms with Crippen molar-refractivity contribution in [2.24, 2.45) is 17.8 Å². The summed E-state index contributed by atoms with van der Waals surface area (Å²) in [5, 5.41) is 11.0. The summed E-state index contributed by atoms with van der Waals surface area (Å²) in [4.78, 5) is 64.4. The van der Waals surface area contributed by atoms with Crippen molar-refractivity contribution in [3.63, 3.8) is 0 Å². The maximum Gasteiger partial charge on any atom is 0.246 e. The summed E-state index contributed by atoms with van der Waals surface area (Å²) in [5.41, 5.74) is 1.55. The Morgan fingerprint density at radius 1 is 1.00 bits per heavy atom. The third kappa shape index (κ3) is 14.5. The highest BCUT2D eigenvalue weighted by Gasteiger charge is 2.38. The van der Waals surface area contributed by atoms with Crippen LogP contribution in [0, 0.1) is 17.8 Å². The molecule has 13 nitrogen and oxygen atoms in total. The molecular formula is C36H62N6O7. The second-order valence-corrected chi connectivity index (χ2v) is 12.9. The van der Waals surface area contributed by atoms with Gasteiger partial charge in [0.05, 0.1) is 24.2 Å². The molecule has 0 saturated carbocycles. The van der Waals surface area contributed by atoms with Crippen molar-refractivity contribution in [1.29, 1.82) is 0 Å². The maximum absolute atomic E-state index is 13.8. The summed E-state index contributed by atoms with van der Waals surface area (Å²) in [7, 11) is 8.73. The zero-order valence-corrected chi connectivity index (χ0v) is 31.1. The molecule has 0 aliphatic rings. The van der Waals surface area contributed by atoms with Crippen molar-refractivity contribution < 1.29 is 33.4 Å². The standard InChI is InChI=1S/C36H62N6O7/c1-10-25(2)33(42(7)32(45)16-19-37-5)31(48-8)22-29(14-12-18-38-23-43)34(49-9)26(3)36(47)41(6)20-17-28-13-11-15-30(21-28)40-35(46)27(4)39-24-44/h11,13,15,21,23-27,29,31,33-34,37H,10,12,14,16-20,22H2,1-9H3,(H,38,43)(H,39,44)(H,40,46). The van der Waals surface area contributed by atoms with Gasteiger partial charge in [-0.15, -0.1) is 0 Å². The smallest absolute Gasteiger partial charge is 0.246 e. The maximum atomic E-state index is 13.8. The zero-order valence-electron chi connectivity index (χ0n) is 31.1. The van der Waals surface area contributed by atoms with Crippen LogP contribution in [0.2, 0.25) is 0 Å². The molecule has 0 saturated heterocycles. The minimum atomic E-state index is -0.669. The van der Waals surface area contributed by atoms with Crippen molar-refractivity contribution in [3.05, 3.63) is 29.8 Å². The van der Waals surface area contributed by atoms with Gasteiger partial charge in [-0.25, -0.2) is 0 Å². The molecule has 0 aromatic heterocycles. The molecule has 1 aromatic carbocycles. The minimum absolute atomic E-state index is 0.0410. The van der Waals surface area contributed by atoms with Gasteiger partial charge >= 0.3 is 0 Å². The van der Waals surface area contributed by atoms with Crippen molar-refractivity contribution in [3.8, 4) is 0 Å². The van der Waals surface area contributed by atoms with E-state index >= 15 is 0 Å². The van der Waals surface area contributed by atoms with E-state index in [9.17, 15) is 24.0 Å². The third-order valence-corrected chi connectivity index (χ3v) is 9.49. The molecule has 49 heavy (non-hydrogen) atoms. The predicted octanol–water partition coefficient (Wildman–Crippen LogP) is 2.44. The summed E-state index contributed by atoms with van der Waals surface area (Å²) in [6.45, 7) is 9.25. The van der Waals surface area contributed by atoms with Gasteiger partial charge in [0.25, 0.3) is 0 Å². The first-order valence-electron chi connectivity index (χ1n) is 17.4. The summed E-state index contributed by atoms with van der Waals surface area (Å²) in [5.74, 6) is -0.761. The molecule has 0 spiro atoms. The van der Waals surface area contributed by atoms with Crippen LogP contribution >= 0.6 is 0 Å². The van der Waals surface area contributed by atoms with E-state index in [2.05, 4.69) is 35.1 Å². The van der Waals surface area contributed by atoms with E-state index < -0.39 is 18.1 Å². The second kappa shape index (κ2) is 23.7. The highest BCUT2D eigenvalue weighted by molar-refractivity contribution is 5.95. The number of anilines is 1. The number of likely N-dealkylation sites (N-methyl/N-ethyl adjacent to an activating group) is 2. The number of hydrogen-bond donors (Lipinski definition) is 4. The van der Waals surface area contributed by atoms with Crippen LogP contribution < -0.4 is 21.3 Å². The van der Waals surface area contributed by atoms with Gasteiger partial charge in [-0.3, -0.25) is 24.0 Å². The van der Waals surface area contributed by atoms with Crippen LogP contribution in [0.4, 0.5) is 5.69 Å². The lowest BCUT2D eigenvalue weighted by Crippen LogP contribution is -2.51. The number of methoxy groups -OCH3 is 2. The van der Waals surface area contributed by atoms with Crippen LogP contribution in [0.3, 0.4) is 0 Å². The molecule has 13 heteroatoms. The second-order valence-electron chi connectivity index (χ2n) is 12.9. The van der Waals surface area contributed by atoms with E-state index in [1.165, 1.54) is 0 Å². The lowest BCUT2D eigenvalue weighted by Gasteiger charge is -2.41. The van der Waals surface area contributed by atoms with Crippen LogP contribution in [0.15, 0.2) is 24.3 Å². The number of ether oxygens (including phenoxy) is 2. The Morgan fingerprint density at radius 2 is 1.71 bits per heavy atom. The number of rotatable bonds is 26. The molecule has 278 valence electrons. The molecule has 4 N–H and O–H groups in total. The summed E-state index contributed by atoms with van der Waals surface area (Å²) >= 11 is 0. The van der Waals surface area contributed by atoms with E-state index in [1.54, 1.807) is 39.2 Å². The average Bonchev–Trinajstić information content (AvgIpc) is 3.10. The quantitative estimate of drug-likeness (QED) is 0.0853. The van der Waals surface area contributed by atoms with Crippen molar-refractivity contribution in [2.75, 3.05) is 60.3 Å². The minimum Gasteiger partial charge on any atom is -0.380 e. The lowest BCUT2D eigenvalue weighted by molar-refractivity contribution is -0.141. The normalized spacial score (nSPS) is 15.4. The van der Waals surface area contributed by atoms with E-state index in [4.69, 9.17) is 9.47 Å². The van der Waals surface area contributed by atoms with Gasteiger partial charge in [0.2, 0.25) is 30.5 Å². The van der Waals surface area contributed by atoms with Gasteiger partial charge in [0, 0.05) is 60.1 Å². The molecule has 1 aromatic rings. The Bertz CT molecular complexity index is 1150. The van der Waals surface area contributed by atoms with E-state index in [0.717, 1.165) is 12.0 Å². The fourth-order valence-corrected chi connectivity index (χ4v) is 6.36. The number of carbonyl (C=O) groups is 5. The number of carbonyl (C=O) groups excluding carboxylic acids is 5. The van der Waals surface area contributed by atoms with Gasteiger partial charge in [-0.05, 0) is 69.2 Å². The van der Waals surface area contributed by atoms with Gasteiger partial charge < -0.3 is 40.5 Å². The molecule has 0 aliphatic carbocycles. The topological polar surface area (TPSA) is 158 Å². The Morgan fingerprint density at radius 3 is 2.31 bits per heavy atom. The average molecular weight is 691 g/mol. The monoisotopic (exact) mass is 690 g/mol. The molecule has 1 rings (SSSR count). The van der Waals surface area contributed by atoms with Crippen LogP contribution in [0.5, 0.6) is 0 Å². The predicted molar refractivity (Wildman–Crippen MR) is 192 cm³/mol. The fourth-order valence-electron chi connectivity index (χ4n) is 6.36. The number of nitrogens with one attached hydrogen (secondary N) is 4. The van der Waals surface area contributed by atoms with E-state index in [-0.39, 0.29) is 41.7 Å². The van der Waals surface area contributed by atoms with Crippen molar-refractivity contribution in [1.82, 2.24) is 25.8 Å². The molecule has 0 aliphatic heterocycles. The highest BCUT2D eigenvalue weighted by Crippen LogP contribution is 2.31. The molecule has 5 amide bonds. The Balaban J connectivity index is 3.16. The largest absolute Gasteiger partial charge is 0.380 e. The van der Waals surface area contributed by atoms with Crippen molar-refractivity contribution in [2.45, 2.75) is 90.5 Å². The molecule has 7 unspecified atom stereocenters.